The maximum atomic E-state index is 14.4. The zero-order valence-corrected chi connectivity index (χ0v) is 27.6. The molecule has 12 heteroatoms. The van der Waals surface area contributed by atoms with Gasteiger partial charge in [0, 0.05) is 35.6 Å². The lowest BCUT2D eigenvalue weighted by Crippen LogP contribution is -2.53. The van der Waals surface area contributed by atoms with Gasteiger partial charge >= 0.3 is 0 Å². The molecule has 0 saturated carbocycles. The van der Waals surface area contributed by atoms with E-state index in [1.54, 1.807) is 30.3 Å². The minimum Gasteiger partial charge on any atom is -0.357 e. The molecule has 0 aliphatic heterocycles. The molecule has 0 aliphatic carbocycles. The van der Waals surface area contributed by atoms with Gasteiger partial charge in [0.25, 0.3) is 10.0 Å². The number of benzene rings is 4. The largest absolute Gasteiger partial charge is 0.357 e. The Hall–Kier alpha value is -3.27. The van der Waals surface area contributed by atoms with Gasteiger partial charge in [0.2, 0.25) is 11.8 Å². The lowest BCUT2D eigenvalue weighted by atomic mass is 10.0. The Morgan fingerprint density at radius 1 is 0.795 bits per heavy atom. The summed E-state index contributed by atoms with van der Waals surface area (Å²) in [6, 6.07) is 23.6. The van der Waals surface area contributed by atoms with Gasteiger partial charge < -0.3 is 10.2 Å². The maximum absolute atomic E-state index is 14.4. The third kappa shape index (κ3) is 7.86. The van der Waals surface area contributed by atoms with Crippen LogP contribution in [0.2, 0.25) is 20.1 Å². The lowest BCUT2D eigenvalue weighted by molar-refractivity contribution is -0.139. The molecule has 4 rings (SSSR count). The molecule has 0 radical (unpaired) electrons. The second-order valence-corrected chi connectivity index (χ2v) is 13.5. The first-order valence-electron chi connectivity index (χ1n) is 13.4. The van der Waals surface area contributed by atoms with E-state index < -0.39 is 34.4 Å². The van der Waals surface area contributed by atoms with Gasteiger partial charge in [-0.15, -0.1) is 0 Å². The quantitative estimate of drug-likeness (QED) is 0.180. The minimum atomic E-state index is -4.30. The number of nitrogens with one attached hydrogen (secondary N) is 1. The molecule has 4 aromatic rings. The van der Waals surface area contributed by atoms with Crippen LogP contribution in [0.15, 0.2) is 95.9 Å². The number of likely N-dealkylation sites (N-methyl/N-ethyl adjacent to an activating group) is 1. The molecule has 0 unspecified atom stereocenters. The number of nitrogens with zero attached hydrogens (tertiary/aromatic N) is 2. The summed E-state index contributed by atoms with van der Waals surface area (Å²) >= 11 is 25.4. The molecule has 7 nitrogen and oxygen atoms in total. The summed E-state index contributed by atoms with van der Waals surface area (Å²) in [6.07, 6.45) is 0.145. The number of hydrogen-bond donors (Lipinski definition) is 1. The number of hydrogen-bond acceptors (Lipinski definition) is 4. The number of rotatable bonds is 11. The predicted molar refractivity (Wildman–Crippen MR) is 177 cm³/mol. The molecule has 4 aromatic carbocycles. The summed E-state index contributed by atoms with van der Waals surface area (Å²) in [7, 11) is -2.83. The van der Waals surface area contributed by atoms with Crippen LogP contribution in [0.3, 0.4) is 0 Å². The lowest BCUT2D eigenvalue weighted by Gasteiger charge is -2.34. The predicted octanol–water partition coefficient (Wildman–Crippen LogP) is 7.19. The monoisotopic (exact) mass is 691 g/mol. The highest BCUT2D eigenvalue weighted by Crippen LogP contribution is 2.32. The summed E-state index contributed by atoms with van der Waals surface area (Å²) in [6.45, 7) is 1.00. The summed E-state index contributed by atoms with van der Waals surface area (Å²) < 4.78 is 29.1. The number of aryl methyl sites for hydroxylation is 1. The van der Waals surface area contributed by atoms with Crippen LogP contribution >= 0.6 is 46.4 Å². The van der Waals surface area contributed by atoms with Crippen molar-refractivity contribution in [3.05, 3.63) is 128 Å². The normalized spacial score (nSPS) is 12.0. The van der Waals surface area contributed by atoms with Crippen LogP contribution in [0.4, 0.5) is 5.69 Å². The third-order valence-corrected chi connectivity index (χ3v) is 10.2. The zero-order valence-electron chi connectivity index (χ0n) is 23.8. The molecule has 0 aromatic heterocycles. The first-order chi connectivity index (χ1) is 20.9. The van der Waals surface area contributed by atoms with E-state index in [9.17, 15) is 18.0 Å². The summed E-state index contributed by atoms with van der Waals surface area (Å²) in [5.74, 6) is -1.12. The number of carbonyl (C=O) groups is 2. The molecule has 1 N–H and O–H groups in total. The minimum absolute atomic E-state index is 0.0326. The van der Waals surface area contributed by atoms with Crippen LogP contribution in [0.5, 0.6) is 0 Å². The van der Waals surface area contributed by atoms with Crippen molar-refractivity contribution in [3.63, 3.8) is 0 Å². The molecule has 0 aliphatic rings. The van der Waals surface area contributed by atoms with Crippen molar-refractivity contribution in [2.75, 3.05) is 17.9 Å². The Bertz CT molecular complexity index is 1730. The molecule has 0 fully saturated rings. The zero-order chi connectivity index (χ0) is 32.0. The number of anilines is 1. The van der Waals surface area contributed by atoms with Gasteiger partial charge in [0.1, 0.15) is 12.6 Å². The molecular formula is C32H29Cl4N3O4S. The van der Waals surface area contributed by atoms with Gasteiger partial charge in [-0.3, -0.25) is 13.9 Å². The van der Waals surface area contributed by atoms with Gasteiger partial charge in [-0.1, -0.05) is 100 Å². The van der Waals surface area contributed by atoms with E-state index in [2.05, 4.69) is 5.32 Å². The average molecular weight is 693 g/mol. The number of carbonyl (C=O) groups excluding carboxylic acids is 2. The van der Waals surface area contributed by atoms with Gasteiger partial charge in [0.15, 0.2) is 0 Å². The standard InChI is InChI=1S/C32H29Cl4N3O4S/c1-21-11-14-24(15-12-21)44(42,43)39(23-13-16-28(35)29(36)18-23)20-31(40)38(19-25-26(33)9-6-10-27(25)34)30(32(41)37-2)17-22-7-4-3-5-8-22/h3-16,18,30H,17,19-20H2,1-2H3,(H,37,41)/t30-/m0/s1. The fourth-order valence-corrected chi connectivity index (χ4v) is 6.80. The summed E-state index contributed by atoms with van der Waals surface area (Å²) in [5.41, 5.74) is 2.17. The van der Waals surface area contributed by atoms with Crippen molar-refractivity contribution in [2.45, 2.75) is 30.8 Å². The van der Waals surface area contributed by atoms with E-state index >= 15 is 0 Å². The van der Waals surface area contributed by atoms with E-state index in [0.717, 1.165) is 15.4 Å². The van der Waals surface area contributed by atoms with Crippen molar-refractivity contribution in [2.24, 2.45) is 0 Å². The molecule has 0 spiro atoms. The van der Waals surface area contributed by atoms with Gasteiger partial charge in [-0.05, 0) is 55.0 Å². The molecule has 0 heterocycles. The Balaban J connectivity index is 1.84. The van der Waals surface area contributed by atoms with E-state index in [0.29, 0.717) is 15.6 Å². The Kier molecular flexibility index (Phi) is 11.2. The molecule has 1 atom stereocenters. The van der Waals surface area contributed by atoms with E-state index in [1.165, 1.54) is 42.3 Å². The van der Waals surface area contributed by atoms with Crippen LogP contribution in [0, 0.1) is 6.92 Å². The van der Waals surface area contributed by atoms with E-state index in [1.807, 2.05) is 37.3 Å². The second-order valence-electron chi connectivity index (χ2n) is 9.96. The van der Waals surface area contributed by atoms with Crippen LogP contribution in [0.25, 0.3) is 0 Å². The molecule has 2 amide bonds. The molecule has 230 valence electrons. The first-order valence-corrected chi connectivity index (χ1v) is 16.4. The summed E-state index contributed by atoms with van der Waals surface area (Å²) in [4.78, 5) is 29.0. The fraction of sp³-hybridized carbons (Fsp3) is 0.188. The van der Waals surface area contributed by atoms with E-state index in [4.69, 9.17) is 46.4 Å². The Morgan fingerprint density at radius 3 is 2.02 bits per heavy atom. The smallest absolute Gasteiger partial charge is 0.264 e. The molecule has 44 heavy (non-hydrogen) atoms. The third-order valence-electron chi connectivity index (χ3n) is 6.99. The molecular weight excluding hydrogens is 664 g/mol. The van der Waals surface area contributed by atoms with E-state index in [-0.39, 0.29) is 33.6 Å². The van der Waals surface area contributed by atoms with Gasteiger partial charge in [0.05, 0.1) is 20.6 Å². The maximum Gasteiger partial charge on any atom is 0.264 e. The van der Waals surface area contributed by atoms with Crippen molar-refractivity contribution in [1.82, 2.24) is 10.2 Å². The van der Waals surface area contributed by atoms with Gasteiger partial charge in [-0.25, -0.2) is 8.42 Å². The number of amides is 2. The highest BCUT2D eigenvalue weighted by molar-refractivity contribution is 7.92. The second kappa shape index (κ2) is 14.7. The Morgan fingerprint density at radius 2 is 1.43 bits per heavy atom. The fourth-order valence-electron chi connectivity index (χ4n) is 4.58. The first kappa shape index (κ1) is 33.6. The van der Waals surface area contributed by atoms with Crippen molar-refractivity contribution < 1.29 is 18.0 Å². The van der Waals surface area contributed by atoms with Crippen LogP contribution < -0.4 is 9.62 Å². The molecule has 0 bridgehead atoms. The molecule has 0 saturated heterocycles. The van der Waals surface area contributed by atoms with Crippen LogP contribution in [-0.2, 0) is 32.6 Å². The number of halogens is 4. The number of sulfonamides is 1. The highest BCUT2D eigenvalue weighted by atomic mass is 35.5. The van der Waals surface area contributed by atoms with Crippen LogP contribution in [0.1, 0.15) is 16.7 Å². The highest BCUT2D eigenvalue weighted by Gasteiger charge is 2.35. The van der Waals surface area contributed by atoms with Crippen LogP contribution in [-0.4, -0.2) is 44.8 Å². The van der Waals surface area contributed by atoms with Gasteiger partial charge in [-0.2, -0.15) is 0 Å². The Labute approximate surface area is 277 Å². The van der Waals surface area contributed by atoms with Crippen molar-refractivity contribution in [1.29, 1.82) is 0 Å². The topological polar surface area (TPSA) is 86.8 Å². The summed E-state index contributed by atoms with van der Waals surface area (Å²) in [5, 5.41) is 3.53. The average Bonchev–Trinajstić information content (AvgIpc) is 3.00. The van der Waals surface area contributed by atoms with Crippen molar-refractivity contribution >= 4 is 73.9 Å². The SMILES string of the molecule is CNC(=O)[C@H](Cc1ccccc1)N(Cc1c(Cl)cccc1Cl)C(=O)CN(c1ccc(Cl)c(Cl)c1)S(=O)(=O)c1ccc(C)cc1. The van der Waals surface area contributed by atoms with Crippen molar-refractivity contribution in [3.8, 4) is 0 Å².